The fourth-order valence-electron chi connectivity index (χ4n) is 1.56. The molecule has 0 aliphatic heterocycles. The van der Waals surface area contributed by atoms with E-state index in [1.165, 1.54) is 0 Å². The highest BCUT2D eigenvalue weighted by Gasteiger charge is 2.06. The number of aryl methyl sites for hydroxylation is 2. The molecule has 1 aromatic heterocycles. The van der Waals surface area contributed by atoms with Crippen molar-refractivity contribution >= 4 is 16.9 Å². The summed E-state index contributed by atoms with van der Waals surface area (Å²) in [7, 11) is 0. The molecule has 0 aliphatic rings. The van der Waals surface area contributed by atoms with Crippen molar-refractivity contribution in [3.05, 3.63) is 35.3 Å². The minimum absolute atomic E-state index is 0.262. The van der Waals surface area contributed by atoms with E-state index in [-0.39, 0.29) is 5.56 Å². The van der Waals surface area contributed by atoms with E-state index in [1.54, 1.807) is 18.2 Å². The number of hydrogen-bond acceptors (Lipinski definition) is 3. The molecule has 15 heavy (non-hydrogen) atoms. The Morgan fingerprint density at radius 3 is 2.67 bits per heavy atom. The number of carboxylic acid groups (broad SMARTS) is 1. The highest BCUT2D eigenvalue weighted by Crippen LogP contribution is 2.17. The molecule has 0 saturated heterocycles. The first-order valence-electron chi connectivity index (χ1n) is 4.56. The largest absolute Gasteiger partial charge is 0.478 e. The van der Waals surface area contributed by atoms with E-state index in [0.29, 0.717) is 5.82 Å². The Hall–Kier alpha value is -1.97. The molecule has 1 aromatic carbocycles. The fourth-order valence-corrected chi connectivity index (χ4v) is 1.56. The number of benzene rings is 1. The van der Waals surface area contributed by atoms with Gasteiger partial charge in [0.1, 0.15) is 5.82 Å². The van der Waals surface area contributed by atoms with E-state index in [9.17, 15) is 4.79 Å². The van der Waals surface area contributed by atoms with Crippen LogP contribution in [0.3, 0.4) is 0 Å². The van der Waals surface area contributed by atoms with Crippen LogP contribution in [0.5, 0.6) is 0 Å². The molecule has 1 heterocycles. The average Bonchev–Trinajstić information content (AvgIpc) is 2.16. The van der Waals surface area contributed by atoms with Gasteiger partial charge in [-0.3, -0.25) is 0 Å². The van der Waals surface area contributed by atoms with Crippen LogP contribution in [0.15, 0.2) is 18.2 Å². The van der Waals surface area contributed by atoms with Crippen LogP contribution in [0.4, 0.5) is 0 Å². The summed E-state index contributed by atoms with van der Waals surface area (Å²) in [6.07, 6.45) is 0. The van der Waals surface area contributed by atoms with Crippen LogP contribution in [0.25, 0.3) is 10.9 Å². The van der Waals surface area contributed by atoms with Crippen LogP contribution < -0.4 is 0 Å². The minimum Gasteiger partial charge on any atom is -0.478 e. The second kappa shape index (κ2) is 3.31. The topological polar surface area (TPSA) is 63.1 Å². The van der Waals surface area contributed by atoms with E-state index in [4.69, 9.17) is 5.11 Å². The Labute approximate surface area is 86.6 Å². The van der Waals surface area contributed by atoms with Crippen LogP contribution in [0.2, 0.25) is 0 Å². The highest BCUT2D eigenvalue weighted by atomic mass is 16.4. The third kappa shape index (κ3) is 1.66. The summed E-state index contributed by atoms with van der Waals surface area (Å²) in [4.78, 5) is 19.2. The first-order valence-corrected chi connectivity index (χ1v) is 4.56. The Morgan fingerprint density at radius 2 is 2.00 bits per heavy atom. The van der Waals surface area contributed by atoms with Gasteiger partial charge in [-0.25, -0.2) is 14.8 Å². The van der Waals surface area contributed by atoms with Crippen LogP contribution in [-0.2, 0) is 0 Å². The molecule has 0 unspecified atom stereocenters. The first-order chi connectivity index (χ1) is 7.08. The summed E-state index contributed by atoms with van der Waals surface area (Å²) in [5, 5.41) is 9.64. The zero-order valence-corrected chi connectivity index (χ0v) is 8.48. The zero-order valence-electron chi connectivity index (χ0n) is 8.48. The molecule has 2 rings (SSSR count). The molecule has 0 amide bonds. The smallest absolute Gasteiger partial charge is 0.335 e. The normalized spacial score (nSPS) is 10.5. The lowest BCUT2D eigenvalue weighted by Crippen LogP contribution is -1.98. The maximum atomic E-state index is 10.8. The SMILES string of the molecule is Cc1nc(C)c2cc(C(=O)O)ccc2n1. The first kappa shape index (κ1) is 9.58. The fraction of sp³-hybridized carbons (Fsp3) is 0.182. The van der Waals surface area contributed by atoms with Gasteiger partial charge in [-0.05, 0) is 32.0 Å². The molecule has 4 nitrogen and oxygen atoms in total. The number of rotatable bonds is 1. The predicted molar refractivity (Wildman–Crippen MR) is 56.0 cm³/mol. The molecule has 0 atom stereocenters. The van der Waals surface area contributed by atoms with E-state index in [0.717, 1.165) is 16.6 Å². The molecular weight excluding hydrogens is 192 g/mol. The average molecular weight is 202 g/mol. The lowest BCUT2D eigenvalue weighted by molar-refractivity contribution is 0.0697. The molecule has 0 spiro atoms. The minimum atomic E-state index is -0.933. The maximum absolute atomic E-state index is 10.8. The third-order valence-corrected chi connectivity index (χ3v) is 2.25. The van der Waals surface area contributed by atoms with Crippen molar-refractivity contribution in [1.82, 2.24) is 9.97 Å². The quantitative estimate of drug-likeness (QED) is 0.767. The molecule has 1 N–H and O–H groups in total. The Kier molecular flexibility index (Phi) is 2.11. The number of fused-ring (bicyclic) bond motifs is 1. The maximum Gasteiger partial charge on any atom is 0.335 e. The summed E-state index contributed by atoms with van der Waals surface area (Å²) in [5.41, 5.74) is 1.85. The Morgan fingerprint density at radius 1 is 1.27 bits per heavy atom. The lowest BCUT2D eigenvalue weighted by atomic mass is 10.1. The Bertz CT molecular complexity index is 550. The van der Waals surface area contributed by atoms with Gasteiger partial charge in [0, 0.05) is 11.1 Å². The number of aromatic nitrogens is 2. The van der Waals surface area contributed by atoms with Crippen LogP contribution in [0, 0.1) is 13.8 Å². The van der Waals surface area contributed by atoms with Crippen molar-refractivity contribution in [1.29, 1.82) is 0 Å². The molecule has 0 bridgehead atoms. The van der Waals surface area contributed by atoms with Crippen molar-refractivity contribution in [3.8, 4) is 0 Å². The summed E-state index contributed by atoms with van der Waals surface area (Å²) < 4.78 is 0. The number of nitrogens with zero attached hydrogens (tertiary/aromatic N) is 2. The molecule has 0 saturated carbocycles. The van der Waals surface area contributed by atoms with Gasteiger partial charge in [-0.1, -0.05) is 0 Å². The van der Waals surface area contributed by atoms with E-state index in [2.05, 4.69) is 9.97 Å². The summed E-state index contributed by atoms with van der Waals surface area (Å²) in [6, 6.07) is 4.86. The summed E-state index contributed by atoms with van der Waals surface area (Å²) in [5.74, 6) is -0.236. The lowest BCUT2D eigenvalue weighted by Gasteiger charge is -2.03. The second-order valence-corrected chi connectivity index (χ2v) is 3.39. The van der Waals surface area contributed by atoms with Gasteiger partial charge in [0.15, 0.2) is 0 Å². The van der Waals surface area contributed by atoms with Crippen LogP contribution in [-0.4, -0.2) is 21.0 Å². The van der Waals surface area contributed by atoms with E-state index >= 15 is 0 Å². The predicted octanol–water partition coefficient (Wildman–Crippen LogP) is 1.94. The molecule has 0 fully saturated rings. The number of carbonyl (C=O) groups is 1. The molecule has 2 aromatic rings. The summed E-state index contributed by atoms with van der Waals surface area (Å²) >= 11 is 0. The molecule has 0 aliphatic carbocycles. The van der Waals surface area contributed by atoms with Crippen molar-refractivity contribution in [2.45, 2.75) is 13.8 Å². The third-order valence-electron chi connectivity index (χ3n) is 2.25. The van der Waals surface area contributed by atoms with Crippen LogP contribution in [0.1, 0.15) is 21.9 Å². The van der Waals surface area contributed by atoms with Crippen molar-refractivity contribution in [3.63, 3.8) is 0 Å². The molecular formula is C11H10N2O2. The van der Waals surface area contributed by atoms with Gasteiger partial charge in [0.2, 0.25) is 0 Å². The van der Waals surface area contributed by atoms with Gasteiger partial charge in [0.05, 0.1) is 11.1 Å². The van der Waals surface area contributed by atoms with Gasteiger partial charge in [0.25, 0.3) is 0 Å². The van der Waals surface area contributed by atoms with Crippen molar-refractivity contribution < 1.29 is 9.90 Å². The number of carboxylic acids is 1. The van der Waals surface area contributed by atoms with Crippen LogP contribution >= 0.6 is 0 Å². The van der Waals surface area contributed by atoms with E-state index in [1.807, 2.05) is 13.8 Å². The summed E-state index contributed by atoms with van der Waals surface area (Å²) in [6.45, 7) is 3.67. The zero-order chi connectivity index (χ0) is 11.0. The van der Waals surface area contributed by atoms with Gasteiger partial charge < -0.3 is 5.11 Å². The van der Waals surface area contributed by atoms with Crippen molar-refractivity contribution in [2.24, 2.45) is 0 Å². The number of aromatic carboxylic acids is 1. The second-order valence-electron chi connectivity index (χ2n) is 3.39. The molecule has 4 heteroatoms. The van der Waals surface area contributed by atoms with Gasteiger partial charge in [-0.15, -0.1) is 0 Å². The molecule has 0 radical (unpaired) electrons. The van der Waals surface area contributed by atoms with Crippen molar-refractivity contribution in [2.75, 3.05) is 0 Å². The molecule has 76 valence electrons. The Balaban J connectivity index is 2.76. The van der Waals surface area contributed by atoms with Gasteiger partial charge in [-0.2, -0.15) is 0 Å². The monoisotopic (exact) mass is 202 g/mol. The van der Waals surface area contributed by atoms with Gasteiger partial charge >= 0.3 is 5.97 Å². The van der Waals surface area contributed by atoms with E-state index < -0.39 is 5.97 Å². The number of hydrogen-bond donors (Lipinski definition) is 1. The highest BCUT2D eigenvalue weighted by molar-refractivity contribution is 5.93. The standard InChI is InChI=1S/C11H10N2O2/c1-6-9-5-8(11(14)15)3-4-10(9)13-7(2)12-6/h3-5H,1-2H3,(H,14,15).